The highest BCUT2D eigenvalue weighted by atomic mass is 79.9. The normalized spacial score (nSPS) is 12.8. The third-order valence-electron chi connectivity index (χ3n) is 3.67. The van der Waals surface area contributed by atoms with Crippen molar-refractivity contribution in [1.29, 1.82) is 0 Å². The fourth-order valence-corrected chi connectivity index (χ4v) is 3.32. The van der Waals surface area contributed by atoms with Gasteiger partial charge in [-0.2, -0.15) is 5.10 Å². The lowest BCUT2D eigenvalue weighted by molar-refractivity contribution is 0.177. The molecule has 0 aliphatic heterocycles. The Labute approximate surface area is 132 Å². The lowest BCUT2D eigenvalue weighted by Gasteiger charge is -2.11. The Kier molecular flexibility index (Phi) is 3.83. The van der Waals surface area contributed by atoms with E-state index in [0.29, 0.717) is 6.42 Å². The van der Waals surface area contributed by atoms with Gasteiger partial charge < -0.3 is 5.11 Å². The van der Waals surface area contributed by atoms with E-state index < -0.39 is 6.10 Å². The van der Waals surface area contributed by atoms with Crippen molar-refractivity contribution in [1.82, 2.24) is 9.78 Å². The number of rotatable bonds is 3. The zero-order valence-corrected chi connectivity index (χ0v) is 13.6. The predicted molar refractivity (Wildman–Crippen MR) is 88.3 cm³/mol. The van der Waals surface area contributed by atoms with Crippen molar-refractivity contribution >= 4 is 26.8 Å². The van der Waals surface area contributed by atoms with Crippen molar-refractivity contribution < 1.29 is 5.11 Å². The molecule has 0 saturated heterocycles. The molecular formula is C17H17BrN2O. The number of benzene rings is 2. The Morgan fingerprint density at radius 2 is 2.00 bits per heavy atom. The van der Waals surface area contributed by atoms with Gasteiger partial charge in [0.05, 0.1) is 17.3 Å². The van der Waals surface area contributed by atoms with Gasteiger partial charge in [0.15, 0.2) is 0 Å². The molecular weight excluding hydrogens is 328 g/mol. The Bertz CT molecular complexity index is 774. The first-order valence-corrected chi connectivity index (χ1v) is 7.69. The molecule has 0 spiro atoms. The smallest absolute Gasteiger partial charge is 0.0846 e. The van der Waals surface area contributed by atoms with Crippen molar-refractivity contribution in [3.8, 4) is 0 Å². The molecule has 1 aromatic heterocycles. The maximum absolute atomic E-state index is 10.5. The maximum atomic E-state index is 10.5. The minimum atomic E-state index is -0.556. The summed E-state index contributed by atoms with van der Waals surface area (Å²) in [7, 11) is 1.93. The quantitative estimate of drug-likeness (QED) is 0.781. The second-order valence-electron chi connectivity index (χ2n) is 5.37. The van der Waals surface area contributed by atoms with Crippen LogP contribution in [0.1, 0.15) is 22.9 Å². The highest BCUT2D eigenvalue weighted by Gasteiger charge is 2.15. The summed E-state index contributed by atoms with van der Waals surface area (Å²) in [6.45, 7) is 2.02. The van der Waals surface area contributed by atoms with Crippen molar-refractivity contribution in [2.75, 3.05) is 0 Å². The topological polar surface area (TPSA) is 38.1 Å². The zero-order chi connectivity index (χ0) is 15.0. The fraction of sp³-hybridized carbons (Fsp3) is 0.235. The first-order valence-electron chi connectivity index (χ1n) is 6.90. The molecule has 0 amide bonds. The maximum Gasteiger partial charge on any atom is 0.0846 e. The number of hydrogen-bond donors (Lipinski definition) is 1. The average Bonchev–Trinajstić information content (AvgIpc) is 2.75. The number of para-hydroxylation sites is 1. The summed E-state index contributed by atoms with van der Waals surface area (Å²) in [5.74, 6) is 0. The van der Waals surface area contributed by atoms with Crippen molar-refractivity contribution in [3.05, 3.63) is 63.8 Å². The Balaban J connectivity index is 1.94. The van der Waals surface area contributed by atoms with Crippen LogP contribution in [0.3, 0.4) is 0 Å². The number of halogens is 1. The number of aliphatic hydroxyl groups excluding tert-OH is 1. The molecule has 0 radical (unpaired) electrons. The van der Waals surface area contributed by atoms with E-state index >= 15 is 0 Å². The van der Waals surface area contributed by atoms with Crippen LogP contribution in [0.4, 0.5) is 0 Å². The zero-order valence-electron chi connectivity index (χ0n) is 12.0. The van der Waals surface area contributed by atoms with Gasteiger partial charge in [-0.3, -0.25) is 4.68 Å². The third-order valence-corrected chi connectivity index (χ3v) is 4.13. The molecule has 4 heteroatoms. The molecule has 0 fully saturated rings. The van der Waals surface area contributed by atoms with Crippen molar-refractivity contribution in [3.63, 3.8) is 0 Å². The van der Waals surface area contributed by atoms with Crippen LogP contribution in [0.2, 0.25) is 0 Å². The standard InChI is InChI=1S/C17H17BrN2O/c1-11-7-12(9-13(18)8-11)17(21)10-15-14-5-3-4-6-16(14)20(2)19-15/h3-9,17,21H,10H2,1-2H3. The van der Waals surface area contributed by atoms with Gasteiger partial charge in [-0.05, 0) is 36.2 Å². The molecule has 21 heavy (non-hydrogen) atoms. The SMILES string of the molecule is Cc1cc(Br)cc(C(O)Cc2nn(C)c3ccccc23)c1. The summed E-state index contributed by atoms with van der Waals surface area (Å²) < 4.78 is 2.85. The molecule has 3 rings (SSSR count). The predicted octanol–water partition coefficient (Wildman–Crippen LogP) is 3.92. The van der Waals surface area contributed by atoms with E-state index in [1.165, 1.54) is 0 Å². The van der Waals surface area contributed by atoms with Crippen LogP contribution >= 0.6 is 15.9 Å². The van der Waals surface area contributed by atoms with Crippen LogP contribution in [0.25, 0.3) is 10.9 Å². The van der Waals surface area contributed by atoms with Crippen LogP contribution < -0.4 is 0 Å². The van der Waals surface area contributed by atoms with Crippen LogP contribution in [-0.4, -0.2) is 14.9 Å². The molecule has 0 saturated carbocycles. The van der Waals surface area contributed by atoms with Gasteiger partial charge in [-0.1, -0.05) is 40.2 Å². The number of fused-ring (bicyclic) bond motifs is 1. The molecule has 1 heterocycles. The average molecular weight is 345 g/mol. The number of nitrogens with zero attached hydrogens (tertiary/aromatic N) is 2. The van der Waals surface area contributed by atoms with E-state index in [1.54, 1.807) is 0 Å². The summed E-state index contributed by atoms with van der Waals surface area (Å²) in [5.41, 5.74) is 4.06. The number of hydrogen-bond acceptors (Lipinski definition) is 2. The molecule has 3 aromatic rings. The molecule has 108 valence electrons. The Hall–Kier alpha value is -1.65. The number of aliphatic hydroxyl groups is 1. The Morgan fingerprint density at radius 1 is 1.24 bits per heavy atom. The molecule has 2 aromatic carbocycles. The lowest BCUT2D eigenvalue weighted by Crippen LogP contribution is -2.03. The van der Waals surface area contributed by atoms with E-state index in [4.69, 9.17) is 0 Å². The second kappa shape index (κ2) is 5.62. The summed E-state index contributed by atoms with van der Waals surface area (Å²) in [6.07, 6.45) is -0.0449. The first-order chi connectivity index (χ1) is 10.0. The molecule has 0 aliphatic carbocycles. The van der Waals surface area contributed by atoms with Gasteiger partial charge in [0, 0.05) is 23.3 Å². The summed E-state index contributed by atoms with van der Waals surface area (Å²) >= 11 is 3.48. The van der Waals surface area contributed by atoms with Crippen LogP contribution in [0, 0.1) is 6.92 Å². The summed E-state index contributed by atoms with van der Waals surface area (Å²) in [5, 5.41) is 16.2. The number of aryl methyl sites for hydroxylation is 2. The second-order valence-corrected chi connectivity index (χ2v) is 6.28. The van der Waals surface area contributed by atoms with Gasteiger partial charge >= 0.3 is 0 Å². The lowest BCUT2D eigenvalue weighted by atomic mass is 10.0. The van der Waals surface area contributed by atoms with Crippen LogP contribution in [0.5, 0.6) is 0 Å². The third kappa shape index (κ3) is 2.87. The van der Waals surface area contributed by atoms with Crippen LogP contribution in [-0.2, 0) is 13.5 Å². The highest BCUT2D eigenvalue weighted by molar-refractivity contribution is 9.10. The van der Waals surface area contributed by atoms with Crippen LogP contribution in [0.15, 0.2) is 46.9 Å². The largest absolute Gasteiger partial charge is 0.388 e. The Morgan fingerprint density at radius 3 is 2.76 bits per heavy atom. The van der Waals surface area contributed by atoms with E-state index in [2.05, 4.69) is 27.1 Å². The molecule has 1 N–H and O–H groups in total. The van der Waals surface area contributed by atoms with Gasteiger partial charge in [-0.15, -0.1) is 0 Å². The van der Waals surface area contributed by atoms with E-state index in [1.807, 2.05) is 55.1 Å². The van der Waals surface area contributed by atoms with E-state index in [9.17, 15) is 5.11 Å². The first kappa shape index (κ1) is 14.3. The van der Waals surface area contributed by atoms with Gasteiger partial charge in [0.25, 0.3) is 0 Å². The minimum absolute atomic E-state index is 0.511. The highest BCUT2D eigenvalue weighted by Crippen LogP contribution is 2.26. The molecule has 0 bridgehead atoms. The molecule has 3 nitrogen and oxygen atoms in total. The molecule has 1 unspecified atom stereocenters. The van der Waals surface area contributed by atoms with Crippen molar-refractivity contribution in [2.24, 2.45) is 7.05 Å². The van der Waals surface area contributed by atoms with Gasteiger partial charge in [-0.25, -0.2) is 0 Å². The monoisotopic (exact) mass is 344 g/mol. The minimum Gasteiger partial charge on any atom is -0.388 e. The van der Waals surface area contributed by atoms with E-state index in [-0.39, 0.29) is 0 Å². The van der Waals surface area contributed by atoms with Gasteiger partial charge in [0.1, 0.15) is 0 Å². The summed E-state index contributed by atoms with van der Waals surface area (Å²) in [4.78, 5) is 0. The fourth-order valence-electron chi connectivity index (χ4n) is 2.70. The van der Waals surface area contributed by atoms with E-state index in [0.717, 1.165) is 32.2 Å². The van der Waals surface area contributed by atoms with Crippen molar-refractivity contribution in [2.45, 2.75) is 19.4 Å². The molecule has 1 atom stereocenters. The summed E-state index contributed by atoms with van der Waals surface area (Å²) in [6, 6.07) is 14.1. The van der Waals surface area contributed by atoms with Gasteiger partial charge in [0.2, 0.25) is 0 Å². The molecule has 0 aliphatic rings. The number of aromatic nitrogens is 2.